The minimum Gasteiger partial charge on any atom is -0.355 e. The van der Waals surface area contributed by atoms with Crippen LogP contribution in [-0.2, 0) is 17.0 Å². The van der Waals surface area contributed by atoms with E-state index in [9.17, 15) is 9.18 Å². The predicted molar refractivity (Wildman–Crippen MR) is 104 cm³/mol. The largest absolute Gasteiger partial charge is 0.355 e. The van der Waals surface area contributed by atoms with E-state index in [1.54, 1.807) is 28.4 Å². The Morgan fingerprint density at radius 3 is 2.93 bits per heavy atom. The molecular formula is C19H22FN5OS. The molecule has 2 aromatic heterocycles. The summed E-state index contributed by atoms with van der Waals surface area (Å²) in [6.07, 6.45) is 2.47. The van der Waals surface area contributed by atoms with Crippen molar-refractivity contribution < 1.29 is 9.18 Å². The number of rotatable bonds is 8. The SMILES string of the molecule is Cc1nc2ncnn2c(C)c1CCC(=O)NCCSCc1ccccc1F. The van der Waals surface area contributed by atoms with E-state index in [4.69, 9.17) is 0 Å². The number of fused-ring (bicyclic) bond motifs is 1. The van der Waals surface area contributed by atoms with Crippen molar-refractivity contribution in [1.29, 1.82) is 0 Å². The van der Waals surface area contributed by atoms with E-state index in [-0.39, 0.29) is 11.7 Å². The van der Waals surface area contributed by atoms with Crippen molar-refractivity contribution >= 4 is 23.4 Å². The lowest BCUT2D eigenvalue weighted by Gasteiger charge is -2.10. The summed E-state index contributed by atoms with van der Waals surface area (Å²) in [5.74, 6) is 1.73. The molecule has 0 saturated carbocycles. The normalized spacial score (nSPS) is 11.1. The molecule has 1 amide bonds. The molecule has 0 spiro atoms. The van der Waals surface area contributed by atoms with Gasteiger partial charge in [0.05, 0.1) is 0 Å². The van der Waals surface area contributed by atoms with Crippen LogP contribution in [0, 0.1) is 19.7 Å². The Morgan fingerprint density at radius 1 is 1.30 bits per heavy atom. The molecular weight excluding hydrogens is 365 g/mol. The average Bonchev–Trinajstić information content (AvgIpc) is 3.11. The number of aryl methyl sites for hydroxylation is 2. The first-order valence-corrected chi connectivity index (χ1v) is 9.95. The fourth-order valence-corrected chi connectivity index (χ4v) is 3.75. The lowest BCUT2D eigenvalue weighted by molar-refractivity contribution is -0.120. The Hall–Kier alpha value is -2.48. The quantitative estimate of drug-likeness (QED) is 0.602. The van der Waals surface area contributed by atoms with E-state index in [2.05, 4.69) is 20.4 Å². The molecule has 0 atom stereocenters. The zero-order chi connectivity index (χ0) is 19.2. The van der Waals surface area contributed by atoms with Crippen LogP contribution >= 0.6 is 11.8 Å². The molecule has 27 heavy (non-hydrogen) atoms. The van der Waals surface area contributed by atoms with Gasteiger partial charge in [0.15, 0.2) is 0 Å². The molecule has 8 heteroatoms. The second kappa shape index (κ2) is 8.94. The summed E-state index contributed by atoms with van der Waals surface area (Å²) in [7, 11) is 0. The van der Waals surface area contributed by atoms with Crippen LogP contribution in [0.2, 0.25) is 0 Å². The van der Waals surface area contributed by atoms with Gasteiger partial charge in [-0.15, -0.1) is 0 Å². The molecule has 0 aliphatic rings. The number of thioether (sulfide) groups is 1. The summed E-state index contributed by atoms with van der Waals surface area (Å²) in [6.45, 7) is 4.45. The van der Waals surface area contributed by atoms with Crippen LogP contribution in [0.1, 0.15) is 28.9 Å². The summed E-state index contributed by atoms with van der Waals surface area (Å²) in [5.41, 5.74) is 3.55. The summed E-state index contributed by atoms with van der Waals surface area (Å²) < 4.78 is 15.2. The maximum absolute atomic E-state index is 13.5. The van der Waals surface area contributed by atoms with E-state index in [0.717, 1.165) is 22.7 Å². The van der Waals surface area contributed by atoms with E-state index in [0.29, 0.717) is 36.5 Å². The van der Waals surface area contributed by atoms with Gasteiger partial charge in [0, 0.05) is 35.9 Å². The number of hydrogen-bond acceptors (Lipinski definition) is 5. The first-order chi connectivity index (χ1) is 13.1. The highest BCUT2D eigenvalue weighted by Crippen LogP contribution is 2.16. The third-order valence-electron chi connectivity index (χ3n) is 4.37. The van der Waals surface area contributed by atoms with Crippen LogP contribution in [0.4, 0.5) is 4.39 Å². The topological polar surface area (TPSA) is 72.2 Å². The van der Waals surface area contributed by atoms with Gasteiger partial charge < -0.3 is 5.32 Å². The van der Waals surface area contributed by atoms with E-state index in [1.807, 2.05) is 19.9 Å². The van der Waals surface area contributed by atoms with Crippen LogP contribution in [0.5, 0.6) is 0 Å². The van der Waals surface area contributed by atoms with Crippen LogP contribution in [0.3, 0.4) is 0 Å². The number of nitrogens with zero attached hydrogens (tertiary/aromatic N) is 4. The van der Waals surface area contributed by atoms with Crippen molar-refractivity contribution in [3.05, 3.63) is 58.9 Å². The number of aromatic nitrogens is 4. The monoisotopic (exact) mass is 387 g/mol. The van der Waals surface area contributed by atoms with Crippen molar-refractivity contribution in [2.24, 2.45) is 0 Å². The Morgan fingerprint density at radius 2 is 2.11 bits per heavy atom. The predicted octanol–water partition coefficient (Wildman–Crippen LogP) is 2.86. The smallest absolute Gasteiger partial charge is 0.252 e. The van der Waals surface area contributed by atoms with E-state index >= 15 is 0 Å². The Labute approximate surface area is 161 Å². The average molecular weight is 387 g/mol. The Bertz CT molecular complexity index is 943. The van der Waals surface area contributed by atoms with Crippen molar-refractivity contribution in [1.82, 2.24) is 24.9 Å². The minimum absolute atomic E-state index is 0.000945. The highest BCUT2D eigenvalue weighted by Gasteiger charge is 2.12. The van der Waals surface area contributed by atoms with Gasteiger partial charge in [0.2, 0.25) is 5.91 Å². The summed E-state index contributed by atoms with van der Waals surface area (Å²) in [6, 6.07) is 6.76. The van der Waals surface area contributed by atoms with Crippen LogP contribution in [-0.4, -0.2) is 37.8 Å². The molecule has 0 radical (unpaired) electrons. The van der Waals surface area contributed by atoms with Crippen molar-refractivity contribution in [3.8, 4) is 0 Å². The highest BCUT2D eigenvalue weighted by molar-refractivity contribution is 7.98. The molecule has 6 nitrogen and oxygen atoms in total. The molecule has 1 aromatic carbocycles. The molecule has 142 valence electrons. The number of amides is 1. The molecule has 1 N–H and O–H groups in total. The fraction of sp³-hybridized carbons (Fsp3) is 0.368. The van der Waals surface area contributed by atoms with Gasteiger partial charge in [-0.3, -0.25) is 4.79 Å². The van der Waals surface area contributed by atoms with Crippen LogP contribution in [0.15, 0.2) is 30.6 Å². The molecule has 0 aliphatic heterocycles. The van der Waals surface area contributed by atoms with E-state index < -0.39 is 0 Å². The first kappa shape index (κ1) is 19.3. The van der Waals surface area contributed by atoms with Crippen molar-refractivity contribution in [2.45, 2.75) is 32.4 Å². The maximum atomic E-state index is 13.5. The third-order valence-corrected chi connectivity index (χ3v) is 5.38. The molecule has 0 bridgehead atoms. The van der Waals surface area contributed by atoms with Gasteiger partial charge in [-0.25, -0.2) is 13.9 Å². The molecule has 0 unspecified atom stereocenters. The van der Waals surface area contributed by atoms with Crippen LogP contribution in [0.25, 0.3) is 5.78 Å². The number of halogens is 1. The number of carbonyl (C=O) groups is 1. The highest BCUT2D eigenvalue weighted by atomic mass is 32.2. The van der Waals surface area contributed by atoms with Gasteiger partial charge in [-0.2, -0.15) is 21.8 Å². The molecule has 3 rings (SSSR count). The summed E-state index contributed by atoms with van der Waals surface area (Å²) in [5, 5.41) is 7.08. The second-order valence-corrected chi connectivity index (χ2v) is 7.33. The van der Waals surface area contributed by atoms with Crippen LogP contribution < -0.4 is 5.32 Å². The minimum atomic E-state index is -0.183. The molecule has 0 aliphatic carbocycles. The Kier molecular flexibility index (Phi) is 6.39. The number of nitrogens with one attached hydrogen (secondary N) is 1. The lowest BCUT2D eigenvalue weighted by atomic mass is 10.1. The number of hydrogen-bond donors (Lipinski definition) is 1. The number of benzene rings is 1. The zero-order valence-electron chi connectivity index (χ0n) is 15.4. The molecule has 2 heterocycles. The van der Waals surface area contributed by atoms with Crippen molar-refractivity contribution in [2.75, 3.05) is 12.3 Å². The van der Waals surface area contributed by atoms with Gasteiger partial charge in [-0.05, 0) is 37.5 Å². The fourth-order valence-electron chi connectivity index (χ4n) is 2.90. The van der Waals surface area contributed by atoms with Gasteiger partial charge in [0.1, 0.15) is 12.1 Å². The molecule has 0 fully saturated rings. The van der Waals surface area contributed by atoms with Gasteiger partial charge in [-0.1, -0.05) is 18.2 Å². The summed E-state index contributed by atoms with van der Waals surface area (Å²) >= 11 is 1.60. The molecule has 3 aromatic rings. The zero-order valence-corrected chi connectivity index (χ0v) is 16.2. The second-order valence-electron chi connectivity index (χ2n) is 6.23. The standard InChI is InChI=1S/C19H22FN5OS/c1-13-16(14(2)25-19(24-13)22-12-23-25)7-8-18(26)21-9-10-27-11-15-5-3-4-6-17(15)20/h3-6,12H,7-11H2,1-2H3,(H,21,26). The number of carbonyl (C=O) groups excluding carboxylic acids is 1. The lowest BCUT2D eigenvalue weighted by Crippen LogP contribution is -2.26. The maximum Gasteiger partial charge on any atom is 0.252 e. The summed E-state index contributed by atoms with van der Waals surface area (Å²) in [4.78, 5) is 20.6. The van der Waals surface area contributed by atoms with Crippen molar-refractivity contribution in [3.63, 3.8) is 0 Å². The van der Waals surface area contributed by atoms with E-state index in [1.165, 1.54) is 12.4 Å². The Balaban J connectivity index is 1.42. The van der Waals surface area contributed by atoms with Gasteiger partial charge in [0.25, 0.3) is 5.78 Å². The third kappa shape index (κ3) is 4.82. The molecule has 0 saturated heterocycles. The first-order valence-electron chi connectivity index (χ1n) is 8.80. The van der Waals surface area contributed by atoms with Gasteiger partial charge >= 0.3 is 0 Å².